The van der Waals surface area contributed by atoms with E-state index in [1.54, 1.807) is 19.2 Å². The summed E-state index contributed by atoms with van der Waals surface area (Å²) in [5.41, 5.74) is 1.12. The highest BCUT2D eigenvalue weighted by Crippen LogP contribution is 2.48. The molecule has 2 rings (SSSR count). The number of nitrogens with one attached hydrogen (secondary N) is 1. The molecule has 1 atom stereocenters. The topological polar surface area (TPSA) is 21.3 Å². The molecule has 0 bridgehead atoms. The maximum Gasteiger partial charge on any atom is 0.123 e. The lowest BCUT2D eigenvalue weighted by atomic mass is 9.77. The first-order valence-corrected chi connectivity index (χ1v) is 6.61. The molecule has 0 heterocycles. The van der Waals surface area contributed by atoms with Crippen LogP contribution < -0.4 is 10.1 Å². The second-order valence-corrected chi connectivity index (χ2v) is 5.47. The number of methoxy groups -OCH3 is 1. The molecule has 0 amide bonds. The van der Waals surface area contributed by atoms with Gasteiger partial charge in [0, 0.05) is 11.6 Å². The molecule has 100 valence electrons. The average molecular weight is 251 g/mol. The molecule has 1 aliphatic carbocycles. The van der Waals surface area contributed by atoms with Crippen molar-refractivity contribution in [2.45, 2.75) is 38.6 Å². The zero-order valence-electron chi connectivity index (χ0n) is 11.4. The Morgan fingerprint density at radius 2 is 2.00 bits per heavy atom. The van der Waals surface area contributed by atoms with E-state index in [4.69, 9.17) is 4.74 Å². The van der Waals surface area contributed by atoms with Gasteiger partial charge in [-0.2, -0.15) is 0 Å². The van der Waals surface area contributed by atoms with Gasteiger partial charge in [-0.25, -0.2) is 4.39 Å². The molecular weight excluding hydrogens is 229 g/mol. The van der Waals surface area contributed by atoms with Crippen LogP contribution >= 0.6 is 0 Å². The van der Waals surface area contributed by atoms with Crippen LogP contribution in [0.4, 0.5) is 4.39 Å². The second kappa shape index (κ2) is 5.27. The Hall–Kier alpha value is -1.09. The molecule has 1 unspecified atom stereocenters. The molecule has 2 nitrogen and oxygen atoms in total. The van der Waals surface area contributed by atoms with E-state index >= 15 is 0 Å². The summed E-state index contributed by atoms with van der Waals surface area (Å²) < 4.78 is 18.9. The Labute approximate surface area is 109 Å². The van der Waals surface area contributed by atoms with Crippen LogP contribution in [0.1, 0.15) is 44.2 Å². The van der Waals surface area contributed by atoms with Crippen molar-refractivity contribution in [1.82, 2.24) is 5.32 Å². The average Bonchev–Trinajstić information content (AvgIpc) is 2.78. The predicted molar refractivity (Wildman–Crippen MR) is 71.3 cm³/mol. The van der Waals surface area contributed by atoms with Crippen LogP contribution in [0.3, 0.4) is 0 Å². The highest BCUT2D eigenvalue weighted by Gasteiger charge is 2.38. The van der Waals surface area contributed by atoms with Crippen molar-refractivity contribution < 1.29 is 9.13 Å². The Morgan fingerprint density at radius 3 is 2.56 bits per heavy atom. The Balaban J connectivity index is 2.40. The summed E-state index contributed by atoms with van der Waals surface area (Å²) in [6, 6.07) is 4.91. The quantitative estimate of drug-likeness (QED) is 0.881. The second-order valence-electron chi connectivity index (χ2n) is 5.47. The number of hydrogen-bond acceptors (Lipinski definition) is 2. The lowest BCUT2D eigenvalue weighted by Crippen LogP contribution is -2.32. The van der Waals surface area contributed by atoms with Gasteiger partial charge in [0.1, 0.15) is 11.6 Å². The van der Waals surface area contributed by atoms with Gasteiger partial charge < -0.3 is 10.1 Å². The number of rotatable bonds is 4. The van der Waals surface area contributed by atoms with Crippen molar-refractivity contribution in [3.8, 4) is 5.75 Å². The zero-order chi connectivity index (χ0) is 13.2. The van der Waals surface area contributed by atoms with Gasteiger partial charge in [-0.05, 0) is 43.5 Å². The van der Waals surface area contributed by atoms with Gasteiger partial charge in [0.05, 0.1) is 7.11 Å². The van der Waals surface area contributed by atoms with Gasteiger partial charge in [-0.15, -0.1) is 0 Å². The van der Waals surface area contributed by atoms with E-state index in [-0.39, 0.29) is 17.3 Å². The van der Waals surface area contributed by atoms with E-state index in [1.165, 1.54) is 31.7 Å². The summed E-state index contributed by atoms with van der Waals surface area (Å²) in [6.07, 6.45) is 4.87. The summed E-state index contributed by atoms with van der Waals surface area (Å²) in [7, 11) is 3.58. The molecule has 1 saturated carbocycles. The molecular formula is C15H22FNO. The number of halogens is 1. The van der Waals surface area contributed by atoms with Crippen LogP contribution in [-0.4, -0.2) is 14.2 Å². The zero-order valence-corrected chi connectivity index (χ0v) is 11.4. The van der Waals surface area contributed by atoms with Gasteiger partial charge in [0.25, 0.3) is 0 Å². The van der Waals surface area contributed by atoms with Crippen LogP contribution in [0, 0.1) is 11.2 Å². The van der Waals surface area contributed by atoms with Crippen LogP contribution in [0.5, 0.6) is 5.75 Å². The molecule has 1 aliphatic rings. The van der Waals surface area contributed by atoms with Crippen LogP contribution in [0.2, 0.25) is 0 Å². The number of benzene rings is 1. The Kier molecular flexibility index (Phi) is 3.91. The van der Waals surface area contributed by atoms with Crippen LogP contribution in [-0.2, 0) is 0 Å². The number of hydrogen-bond donors (Lipinski definition) is 1. The van der Waals surface area contributed by atoms with E-state index in [9.17, 15) is 4.39 Å². The van der Waals surface area contributed by atoms with Crippen molar-refractivity contribution in [2.24, 2.45) is 5.41 Å². The van der Waals surface area contributed by atoms with Gasteiger partial charge in [-0.1, -0.05) is 19.8 Å². The highest BCUT2D eigenvalue weighted by atomic mass is 19.1. The molecule has 1 aromatic carbocycles. The molecule has 0 radical (unpaired) electrons. The van der Waals surface area contributed by atoms with Crippen molar-refractivity contribution in [2.75, 3.05) is 14.2 Å². The lowest BCUT2D eigenvalue weighted by molar-refractivity contribution is 0.228. The normalized spacial score (nSPS) is 19.8. The molecule has 0 spiro atoms. The maximum absolute atomic E-state index is 13.5. The van der Waals surface area contributed by atoms with Crippen molar-refractivity contribution in [3.05, 3.63) is 29.6 Å². The first-order valence-electron chi connectivity index (χ1n) is 6.61. The molecule has 0 saturated heterocycles. The van der Waals surface area contributed by atoms with E-state index in [0.717, 1.165) is 11.3 Å². The van der Waals surface area contributed by atoms with Gasteiger partial charge >= 0.3 is 0 Å². The standard InChI is InChI=1S/C15H22FNO/c1-15(8-4-5-9-15)14(17-2)12-10-11(16)6-7-13(12)18-3/h6-7,10,14,17H,4-5,8-9H2,1-3H3. The lowest BCUT2D eigenvalue weighted by Gasteiger charge is -2.35. The fourth-order valence-electron chi connectivity index (χ4n) is 3.28. The smallest absolute Gasteiger partial charge is 0.123 e. The minimum absolute atomic E-state index is 0.144. The van der Waals surface area contributed by atoms with Crippen LogP contribution in [0.25, 0.3) is 0 Å². The summed E-state index contributed by atoms with van der Waals surface area (Å²) in [6.45, 7) is 2.28. The molecule has 3 heteroatoms. The fraction of sp³-hybridized carbons (Fsp3) is 0.600. The first-order chi connectivity index (χ1) is 8.60. The molecule has 0 aromatic heterocycles. The third-order valence-electron chi connectivity index (χ3n) is 4.23. The highest BCUT2D eigenvalue weighted by molar-refractivity contribution is 5.37. The van der Waals surface area contributed by atoms with E-state index in [1.807, 2.05) is 7.05 Å². The summed E-state index contributed by atoms with van der Waals surface area (Å²) in [5, 5.41) is 3.36. The monoisotopic (exact) mass is 251 g/mol. The van der Waals surface area contributed by atoms with Gasteiger partial charge in [0.2, 0.25) is 0 Å². The van der Waals surface area contributed by atoms with Gasteiger partial charge in [0.15, 0.2) is 0 Å². The SMILES string of the molecule is CNC(c1cc(F)ccc1OC)C1(C)CCCC1. The largest absolute Gasteiger partial charge is 0.496 e. The third-order valence-corrected chi connectivity index (χ3v) is 4.23. The Bertz CT molecular complexity index is 413. The molecule has 18 heavy (non-hydrogen) atoms. The molecule has 1 fully saturated rings. The Morgan fingerprint density at radius 1 is 1.33 bits per heavy atom. The predicted octanol–water partition coefficient (Wildman–Crippen LogP) is 3.68. The van der Waals surface area contributed by atoms with E-state index in [2.05, 4.69) is 12.2 Å². The molecule has 1 N–H and O–H groups in total. The first kappa shape index (κ1) is 13.3. The summed E-state index contributed by atoms with van der Waals surface area (Å²) in [5.74, 6) is 0.566. The minimum Gasteiger partial charge on any atom is -0.496 e. The van der Waals surface area contributed by atoms with Gasteiger partial charge in [-0.3, -0.25) is 0 Å². The van der Waals surface area contributed by atoms with E-state index in [0.29, 0.717) is 0 Å². The third kappa shape index (κ3) is 2.37. The maximum atomic E-state index is 13.5. The van der Waals surface area contributed by atoms with Crippen LogP contribution in [0.15, 0.2) is 18.2 Å². The minimum atomic E-state index is -0.201. The van der Waals surface area contributed by atoms with Crippen molar-refractivity contribution >= 4 is 0 Å². The summed E-state index contributed by atoms with van der Waals surface area (Å²) >= 11 is 0. The van der Waals surface area contributed by atoms with Crippen molar-refractivity contribution in [3.63, 3.8) is 0 Å². The van der Waals surface area contributed by atoms with E-state index < -0.39 is 0 Å². The number of ether oxygens (including phenoxy) is 1. The molecule has 1 aromatic rings. The molecule has 0 aliphatic heterocycles. The fourth-order valence-corrected chi connectivity index (χ4v) is 3.28. The summed E-state index contributed by atoms with van der Waals surface area (Å²) in [4.78, 5) is 0. The van der Waals surface area contributed by atoms with Crippen molar-refractivity contribution in [1.29, 1.82) is 0 Å².